The molecule has 0 unspecified atom stereocenters. The van der Waals surface area contributed by atoms with E-state index in [1.807, 2.05) is 19.9 Å². The van der Waals surface area contributed by atoms with E-state index in [9.17, 15) is 8.42 Å². The van der Waals surface area contributed by atoms with E-state index in [0.29, 0.717) is 43.3 Å². The molecule has 2 aromatic carbocycles. The van der Waals surface area contributed by atoms with Gasteiger partial charge in [-0.1, -0.05) is 18.2 Å². The molecule has 2 aliphatic rings. The SMILES string of the molecule is Cc1cc(S(=O)(=O)NC2CCOCC2)ccc1-c1ccc2c(c1C)C(N)=NC2. The molecule has 3 N–H and O–H groups in total. The Kier molecular flexibility index (Phi) is 4.99. The fraction of sp³-hybridized carbons (Fsp3) is 0.381. The van der Waals surface area contributed by atoms with E-state index in [1.165, 1.54) is 0 Å². The normalized spacial score (nSPS) is 17.4. The van der Waals surface area contributed by atoms with Gasteiger partial charge in [0, 0.05) is 24.8 Å². The highest BCUT2D eigenvalue weighted by atomic mass is 32.2. The van der Waals surface area contributed by atoms with Crippen LogP contribution in [-0.2, 0) is 21.3 Å². The summed E-state index contributed by atoms with van der Waals surface area (Å²) < 4.78 is 33.7. The minimum atomic E-state index is -3.55. The van der Waals surface area contributed by atoms with Gasteiger partial charge >= 0.3 is 0 Å². The summed E-state index contributed by atoms with van der Waals surface area (Å²) in [5, 5.41) is 0. The molecule has 2 aliphatic heterocycles. The molecule has 0 radical (unpaired) electrons. The number of aliphatic imine (C=N–C) groups is 1. The number of nitrogens with zero attached hydrogens (tertiary/aromatic N) is 1. The minimum absolute atomic E-state index is 0.0695. The standard InChI is InChI=1S/C21H25N3O3S/c1-13-11-17(28(25,26)24-16-7-9-27-10-8-16)4-6-18(13)19-5-3-15-12-23-21(22)20(15)14(19)2/h3-6,11,16,24H,7-10,12H2,1-2H3,(H2,22,23). The third-order valence-corrected chi connectivity index (χ3v) is 7.09. The zero-order chi connectivity index (χ0) is 19.9. The van der Waals surface area contributed by atoms with Gasteiger partial charge in [-0.25, -0.2) is 13.1 Å². The van der Waals surface area contributed by atoms with Crippen LogP contribution in [0, 0.1) is 13.8 Å². The van der Waals surface area contributed by atoms with Crippen LogP contribution in [0.1, 0.15) is 35.1 Å². The molecule has 148 valence electrons. The zero-order valence-corrected chi connectivity index (χ0v) is 17.0. The molecule has 0 amide bonds. The lowest BCUT2D eigenvalue weighted by atomic mass is 9.91. The van der Waals surface area contributed by atoms with Crippen molar-refractivity contribution < 1.29 is 13.2 Å². The second-order valence-corrected chi connectivity index (χ2v) is 9.17. The van der Waals surface area contributed by atoms with Crippen molar-refractivity contribution >= 4 is 15.9 Å². The third kappa shape index (κ3) is 3.45. The Labute approximate surface area is 165 Å². The number of aryl methyl sites for hydroxylation is 1. The molecule has 4 rings (SSSR count). The van der Waals surface area contributed by atoms with Gasteiger partial charge in [-0.2, -0.15) is 0 Å². The first-order valence-electron chi connectivity index (χ1n) is 9.50. The van der Waals surface area contributed by atoms with E-state index >= 15 is 0 Å². The van der Waals surface area contributed by atoms with Gasteiger partial charge in [0.05, 0.1) is 11.4 Å². The minimum Gasteiger partial charge on any atom is -0.383 e. The number of nitrogens with two attached hydrogens (primary N) is 1. The largest absolute Gasteiger partial charge is 0.383 e. The van der Waals surface area contributed by atoms with Gasteiger partial charge in [-0.05, 0) is 66.6 Å². The summed E-state index contributed by atoms with van der Waals surface area (Å²) in [5.74, 6) is 0.576. The van der Waals surface area contributed by atoms with Gasteiger partial charge < -0.3 is 10.5 Å². The predicted octanol–water partition coefficient (Wildman–Crippen LogP) is 2.65. The number of amidine groups is 1. The van der Waals surface area contributed by atoms with Gasteiger partial charge in [0.15, 0.2) is 0 Å². The van der Waals surface area contributed by atoms with Crippen LogP contribution in [0.4, 0.5) is 0 Å². The fourth-order valence-corrected chi connectivity index (χ4v) is 5.40. The quantitative estimate of drug-likeness (QED) is 0.826. The highest BCUT2D eigenvalue weighted by molar-refractivity contribution is 7.89. The maximum absolute atomic E-state index is 12.8. The molecule has 0 aliphatic carbocycles. The Balaban J connectivity index is 1.66. The second kappa shape index (κ2) is 7.31. The highest BCUT2D eigenvalue weighted by Crippen LogP contribution is 2.33. The molecule has 28 heavy (non-hydrogen) atoms. The van der Waals surface area contributed by atoms with Crippen LogP contribution in [0.15, 0.2) is 40.2 Å². The summed E-state index contributed by atoms with van der Waals surface area (Å²) in [5.41, 5.74) is 12.2. The van der Waals surface area contributed by atoms with Crippen LogP contribution in [0.3, 0.4) is 0 Å². The highest BCUT2D eigenvalue weighted by Gasteiger charge is 2.23. The van der Waals surface area contributed by atoms with Crippen LogP contribution in [0.25, 0.3) is 11.1 Å². The van der Waals surface area contributed by atoms with Crippen molar-refractivity contribution in [2.45, 2.75) is 44.2 Å². The molecule has 7 heteroatoms. The maximum Gasteiger partial charge on any atom is 0.240 e. The first-order valence-corrected chi connectivity index (χ1v) is 11.0. The Morgan fingerprint density at radius 2 is 1.82 bits per heavy atom. The summed E-state index contributed by atoms with van der Waals surface area (Å²) in [6, 6.07) is 9.34. The fourth-order valence-electron chi connectivity index (χ4n) is 4.01. The molecule has 0 atom stereocenters. The summed E-state index contributed by atoms with van der Waals surface area (Å²) in [6.45, 7) is 5.78. The van der Waals surface area contributed by atoms with Crippen LogP contribution in [-0.4, -0.2) is 33.5 Å². The van der Waals surface area contributed by atoms with Gasteiger partial charge in [-0.15, -0.1) is 0 Å². The van der Waals surface area contributed by atoms with Crippen molar-refractivity contribution in [1.82, 2.24) is 4.72 Å². The molecular formula is C21H25N3O3S. The topological polar surface area (TPSA) is 93.8 Å². The summed E-state index contributed by atoms with van der Waals surface area (Å²) in [6.07, 6.45) is 1.40. The van der Waals surface area contributed by atoms with E-state index in [1.54, 1.807) is 12.1 Å². The molecule has 1 fully saturated rings. The molecule has 6 nitrogen and oxygen atoms in total. The maximum atomic E-state index is 12.8. The monoisotopic (exact) mass is 399 g/mol. The molecule has 2 heterocycles. The van der Waals surface area contributed by atoms with Gasteiger partial charge in [0.1, 0.15) is 5.84 Å². The van der Waals surface area contributed by atoms with E-state index in [0.717, 1.165) is 33.4 Å². The summed E-state index contributed by atoms with van der Waals surface area (Å²) in [7, 11) is -3.55. The number of fused-ring (bicyclic) bond motifs is 1. The Morgan fingerprint density at radius 1 is 1.11 bits per heavy atom. The molecule has 1 saturated heterocycles. The lowest BCUT2D eigenvalue weighted by Crippen LogP contribution is -2.38. The van der Waals surface area contributed by atoms with Gasteiger partial charge in [0.25, 0.3) is 0 Å². The Morgan fingerprint density at radius 3 is 2.54 bits per heavy atom. The van der Waals surface area contributed by atoms with E-state index in [2.05, 4.69) is 21.8 Å². The molecule has 0 saturated carbocycles. The Hall–Kier alpha value is -2.22. The van der Waals surface area contributed by atoms with Crippen molar-refractivity contribution in [3.05, 3.63) is 52.6 Å². The van der Waals surface area contributed by atoms with Crippen molar-refractivity contribution in [2.24, 2.45) is 10.7 Å². The number of rotatable bonds is 4. The third-order valence-electron chi connectivity index (χ3n) is 5.57. The van der Waals surface area contributed by atoms with E-state index < -0.39 is 10.0 Å². The number of benzene rings is 2. The average molecular weight is 400 g/mol. The van der Waals surface area contributed by atoms with Crippen molar-refractivity contribution in [3.63, 3.8) is 0 Å². The van der Waals surface area contributed by atoms with Crippen molar-refractivity contribution in [1.29, 1.82) is 0 Å². The zero-order valence-electron chi connectivity index (χ0n) is 16.2. The van der Waals surface area contributed by atoms with Crippen molar-refractivity contribution in [2.75, 3.05) is 13.2 Å². The first kappa shape index (κ1) is 19.1. The number of sulfonamides is 1. The lowest BCUT2D eigenvalue weighted by Gasteiger charge is -2.23. The molecule has 0 spiro atoms. The molecule has 0 bridgehead atoms. The lowest BCUT2D eigenvalue weighted by molar-refractivity contribution is 0.0832. The smallest absolute Gasteiger partial charge is 0.240 e. The number of hydrogen-bond acceptors (Lipinski definition) is 5. The average Bonchev–Trinajstić information content (AvgIpc) is 3.05. The van der Waals surface area contributed by atoms with E-state index in [4.69, 9.17) is 10.5 Å². The predicted molar refractivity (Wildman–Crippen MR) is 110 cm³/mol. The number of hydrogen-bond donors (Lipinski definition) is 2. The van der Waals surface area contributed by atoms with E-state index in [-0.39, 0.29) is 6.04 Å². The molecule has 2 aromatic rings. The summed E-state index contributed by atoms with van der Waals surface area (Å²) in [4.78, 5) is 4.61. The van der Waals surface area contributed by atoms with Crippen LogP contribution in [0.2, 0.25) is 0 Å². The van der Waals surface area contributed by atoms with Gasteiger partial charge in [-0.3, -0.25) is 4.99 Å². The molecule has 0 aromatic heterocycles. The van der Waals surface area contributed by atoms with Crippen LogP contribution < -0.4 is 10.5 Å². The second-order valence-electron chi connectivity index (χ2n) is 7.46. The van der Waals surface area contributed by atoms with Crippen LogP contribution >= 0.6 is 0 Å². The Bertz CT molecular complexity index is 1050. The first-order chi connectivity index (χ1) is 13.4. The van der Waals surface area contributed by atoms with Crippen molar-refractivity contribution in [3.8, 4) is 11.1 Å². The van der Waals surface area contributed by atoms with Crippen LogP contribution in [0.5, 0.6) is 0 Å². The summed E-state index contributed by atoms with van der Waals surface area (Å²) >= 11 is 0. The number of ether oxygens (including phenoxy) is 1. The number of nitrogens with one attached hydrogen (secondary N) is 1. The molecular weight excluding hydrogens is 374 g/mol. The van der Waals surface area contributed by atoms with Gasteiger partial charge in [0.2, 0.25) is 10.0 Å².